The Labute approximate surface area is 146 Å². The number of likely N-dealkylation sites (N-methyl/N-ethyl adjacent to an activating group) is 1. The zero-order valence-corrected chi connectivity index (χ0v) is 14.9. The summed E-state index contributed by atoms with van der Waals surface area (Å²) >= 11 is 1.83. The minimum atomic E-state index is 0.393. The largest absolute Gasteiger partial charge is 0.424 e. The van der Waals surface area contributed by atoms with Crippen LogP contribution in [0.25, 0.3) is 0 Å². The molecule has 2 aromatic rings. The molecule has 4 rings (SSSR count). The molecule has 130 valence electrons. The van der Waals surface area contributed by atoms with Crippen molar-refractivity contribution >= 4 is 11.3 Å². The molecule has 0 spiro atoms. The Morgan fingerprint density at radius 3 is 2.88 bits per heavy atom. The summed E-state index contributed by atoms with van der Waals surface area (Å²) in [4.78, 5) is 6.22. The van der Waals surface area contributed by atoms with Crippen LogP contribution < -0.4 is 0 Å². The Morgan fingerprint density at radius 1 is 1.33 bits per heavy atom. The van der Waals surface area contributed by atoms with E-state index in [1.807, 2.05) is 11.3 Å². The first-order valence-electron chi connectivity index (χ1n) is 8.65. The number of aromatic nitrogens is 2. The number of hydrogen-bond donors (Lipinski definition) is 0. The van der Waals surface area contributed by atoms with Gasteiger partial charge in [0, 0.05) is 30.4 Å². The highest BCUT2D eigenvalue weighted by Gasteiger charge is 2.30. The maximum Gasteiger partial charge on any atom is 0.230 e. The van der Waals surface area contributed by atoms with Crippen molar-refractivity contribution in [2.75, 3.05) is 39.9 Å². The van der Waals surface area contributed by atoms with E-state index in [1.54, 1.807) is 0 Å². The Morgan fingerprint density at radius 2 is 2.17 bits per heavy atom. The Hall–Kier alpha value is -1.28. The molecule has 2 fully saturated rings. The smallest absolute Gasteiger partial charge is 0.230 e. The standard InChI is InChI=1S/C17H24N4O2S/c1-20(12-16-18-19-17(23-16)13-4-5-13)11-14(15-3-2-10-24-15)21-6-8-22-9-7-21/h2-3,10,13-14H,4-9,11-12H2,1H3. The van der Waals surface area contributed by atoms with E-state index in [1.165, 1.54) is 17.7 Å². The van der Waals surface area contributed by atoms with Crippen molar-refractivity contribution in [2.45, 2.75) is 31.3 Å². The Kier molecular flexibility index (Phi) is 4.93. The second kappa shape index (κ2) is 7.31. The quantitative estimate of drug-likeness (QED) is 0.766. The van der Waals surface area contributed by atoms with Crippen LogP contribution >= 0.6 is 11.3 Å². The summed E-state index contributed by atoms with van der Waals surface area (Å²) in [6, 6.07) is 4.76. The molecule has 0 radical (unpaired) electrons. The van der Waals surface area contributed by atoms with Gasteiger partial charge in [0.05, 0.1) is 25.8 Å². The summed E-state index contributed by atoms with van der Waals surface area (Å²) in [5, 5.41) is 10.5. The highest BCUT2D eigenvalue weighted by molar-refractivity contribution is 7.10. The molecule has 0 aromatic carbocycles. The van der Waals surface area contributed by atoms with Gasteiger partial charge in [-0.1, -0.05) is 6.07 Å². The van der Waals surface area contributed by atoms with E-state index in [-0.39, 0.29) is 0 Å². The van der Waals surface area contributed by atoms with Crippen LogP contribution in [0.1, 0.15) is 41.5 Å². The number of hydrogen-bond acceptors (Lipinski definition) is 7. The van der Waals surface area contributed by atoms with Crippen molar-refractivity contribution < 1.29 is 9.15 Å². The molecule has 2 aliphatic rings. The third-order valence-corrected chi connectivity index (χ3v) is 5.63. The predicted octanol–water partition coefficient (Wildman–Crippen LogP) is 2.51. The minimum Gasteiger partial charge on any atom is -0.424 e. The van der Waals surface area contributed by atoms with Gasteiger partial charge in [-0.25, -0.2) is 0 Å². The number of thiophene rings is 1. The van der Waals surface area contributed by atoms with Crippen LogP contribution in [0.15, 0.2) is 21.9 Å². The van der Waals surface area contributed by atoms with Crippen LogP contribution in [0, 0.1) is 0 Å². The van der Waals surface area contributed by atoms with Crippen molar-refractivity contribution in [3.05, 3.63) is 34.2 Å². The van der Waals surface area contributed by atoms with Crippen LogP contribution in [-0.2, 0) is 11.3 Å². The fourth-order valence-electron chi connectivity index (χ4n) is 3.17. The lowest BCUT2D eigenvalue weighted by atomic mass is 10.1. The normalized spacial score (nSPS) is 20.6. The summed E-state index contributed by atoms with van der Waals surface area (Å²) in [6.07, 6.45) is 2.38. The van der Waals surface area contributed by atoms with E-state index in [2.05, 4.69) is 44.6 Å². The summed E-state index contributed by atoms with van der Waals surface area (Å²) in [7, 11) is 2.13. The molecular formula is C17H24N4O2S. The maximum absolute atomic E-state index is 5.80. The number of ether oxygens (including phenoxy) is 1. The SMILES string of the molecule is CN(Cc1nnc(C2CC2)o1)CC(c1cccs1)N1CCOCC1. The summed E-state index contributed by atoms with van der Waals surface area (Å²) < 4.78 is 11.3. The van der Waals surface area contributed by atoms with Crippen LogP contribution in [0.5, 0.6) is 0 Å². The molecule has 24 heavy (non-hydrogen) atoms. The second-order valence-electron chi connectivity index (χ2n) is 6.68. The Balaban J connectivity index is 1.40. The lowest BCUT2D eigenvalue weighted by molar-refractivity contribution is 0.00916. The van der Waals surface area contributed by atoms with Gasteiger partial charge in [0.1, 0.15) is 0 Å². The lowest BCUT2D eigenvalue weighted by Crippen LogP contribution is -2.42. The predicted molar refractivity (Wildman–Crippen MR) is 92.1 cm³/mol. The van der Waals surface area contributed by atoms with E-state index in [0.717, 1.165) is 44.6 Å². The molecule has 2 aromatic heterocycles. The molecule has 7 heteroatoms. The van der Waals surface area contributed by atoms with Gasteiger partial charge in [-0.3, -0.25) is 9.80 Å². The molecular weight excluding hydrogens is 324 g/mol. The van der Waals surface area contributed by atoms with E-state index >= 15 is 0 Å². The van der Waals surface area contributed by atoms with Crippen molar-refractivity contribution in [1.82, 2.24) is 20.0 Å². The third kappa shape index (κ3) is 3.85. The topological polar surface area (TPSA) is 54.6 Å². The van der Waals surface area contributed by atoms with Crippen LogP contribution in [0.2, 0.25) is 0 Å². The fourth-order valence-corrected chi connectivity index (χ4v) is 4.02. The second-order valence-corrected chi connectivity index (χ2v) is 7.66. The summed E-state index contributed by atoms with van der Waals surface area (Å²) in [5.74, 6) is 2.07. The maximum atomic E-state index is 5.80. The highest BCUT2D eigenvalue weighted by Crippen LogP contribution is 2.39. The molecule has 1 atom stereocenters. The highest BCUT2D eigenvalue weighted by atomic mass is 32.1. The van der Waals surface area contributed by atoms with Gasteiger partial charge in [-0.2, -0.15) is 0 Å². The fraction of sp³-hybridized carbons (Fsp3) is 0.647. The van der Waals surface area contributed by atoms with Gasteiger partial charge in [0.2, 0.25) is 11.8 Å². The van der Waals surface area contributed by atoms with Crippen molar-refractivity contribution in [3.8, 4) is 0 Å². The molecule has 3 heterocycles. The van der Waals surface area contributed by atoms with E-state index in [9.17, 15) is 0 Å². The summed E-state index contributed by atoms with van der Waals surface area (Å²) in [6.45, 7) is 5.26. The van der Waals surface area contributed by atoms with Gasteiger partial charge in [0.15, 0.2) is 0 Å². The van der Waals surface area contributed by atoms with Gasteiger partial charge in [0.25, 0.3) is 0 Å². The first-order valence-corrected chi connectivity index (χ1v) is 9.53. The van der Waals surface area contributed by atoms with Gasteiger partial charge in [-0.15, -0.1) is 21.5 Å². The molecule has 0 N–H and O–H groups in total. The van der Waals surface area contributed by atoms with Gasteiger partial charge in [-0.05, 0) is 31.3 Å². The zero-order chi connectivity index (χ0) is 16.4. The first-order chi connectivity index (χ1) is 11.8. The number of morpholine rings is 1. The number of nitrogens with zero attached hydrogens (tertiary/aromatic N) is 4. The molecule has 1 aliphatic heterocycles. The average Bonchev–Trinajstić information content (AvgIpc) is 3.11. The molecule has 1 saturated carbocycles. The summed E-state index contributed by atoms with van der Waals surface area (Å²) in [5.41, 5.74) is 0. The van der Waals surface area contributed by atoms with Gasteiger partial charge >= 0.3 is 0 Å². The average molecular weight is 348 g/mol. The molecule has 0 amide bonds. The molecule has 1 saturated heterocycles. The van der Waals surface area contributed by atoms with Gasteiger partial charge < -0.3 is 9.15 Å². The van der Waals surface area contributed by atoms with Crippen molar-refractivity contribution in [3.63, 3.8) is 0 Å². The number of rotatable bonds is 7. The van der Waals surface area contributed by atoms with Crippen LogP contribution in [0.4, 0.5) is 0 Å². The Bertz CT molecular complexity index is 635. The molecule has 6 nitrogen and oxygen atoms in total. The molecule has 1 unspecified atom stereocenters. The van der Waals surface area contributed by atoms with Crippen LogP contribution in [0.3, 0.4) is 0 Å². The first kappa shape index (κ1) is 16.2. The minimum absolute atomic E-state index is 0.393. The van der Waals surface area contributed by atoms with E-state index in [4.69, 9.17) is 9.15 Å². The van der Waals surface area contributed by atoms with Crippen molar-refractivity contribution in [2.24, 2.45) is 0 Å². The molecule has 1 aliphatic carbocycles. The van der Waals surface area contributed by atoms with Crippen LogP contribution in [-0.4, -0.2) is 59.9 Å². The zero-order valence-electron chi connectivity index (χ0n) is 14.1. The van der Waals surface area contributed by atoms with E-state index < -0.39 is 0 Å². The lowest BCUT2D eigenvalue weighted by Gasteiger charge is -2.35. The van der Waals surface area contributed by atoms with Crippen molar-refractivity contribution in [1.29, 1.82) is 0 Å². The monoisotopic (exact) mass is 348 g/mol. The molecule has 0 bridgehead atoms. The van der Waals surface area contributed by atoms with E-state index in [0.29, 0.717) is 18.5 Å². The third-order valence-electron chi connectivity index (χ3n) is 4.66.